The van der Waals surface area contributed by atoms with E-state index in [2.05, 4.69) is 10.3 Å². The van der Waals surface area contributed by atoms with Gasteiger partial charge in [0.05, 0.1) is 30.3 Å². The quantitative estimate of drug-likeness (QED) is 0.760. The van der Waals surface area contributed by atoms with Crippen molar-refractivity contribution in [2.75, 3.05) is 7.11 Å². The van der Waals surface area contributed by atoms with Crippen molar-refractivity contribution in [2.45, 2.75) is 39.2 Å². The first kappa shape index (κ1) is 19.4. The highest BCUT2D eigenvalue weighted by Gasteiger charge is 2.24. The normalized spacial score (nSPS) is 12.1. The van der Waals surface area contributed by atoms with Gasteiger partial charge in [0, 0.05) is 10.9 Å². The second kappa shape index (κ2) is 8.45. The largest absolute Gasteiger partial charge is 0.469 e. The Bertz CT molecular complexity index is 773. The van der Waals surface area contributed by atoms with E-state index in [0.29, 0.717) is 21.2 Å². The van der Waals surface area contributed by atoms with Crippen LogP contribution in [0.4, 0.5) is 0 Å². The molecule has 1 aromatic heterocycles. The van der Waals surface area contributed by atoms with E-state index in [1.807, 2.05) is 26.8 Å². The summed E-state index contributed by atoms with van der Waals surface area (Å²) in [5.41, 5.74) is 1.36. The van der Waals surface area contributed by atoms with E-state index in [-0.39, 0.29) is 18.2 Å². The lowest BCUT2D eigenvalue weighted by Crippen LogP contribution is -2.30. The number of esters is 1. The van der Waals surface area contributed by atoms with Crippen molar-refractivity contribution in [2.24, 2.45) is 0 Å². The second-order valence-electron chi connectivity index (χ2n) is 5.95. The van der Waals surface area contributed by atoms with E-state index in [1.54, 1.807) is 18.2 Å². The smallest absolute Gasteiger partial charge is 0.307 e. The van der Waals surface area contributed by atoms with Crippen molar-refractivity contribution in [3.05, 3.63) is 50.4 Å². The molecule has 0 aliphatic rings. The van der Waals surface area contributed by atoms with Crippen molar-refractivity contribution in [3.8, 4) is 0 Å². The van der Waals surface area contributed by atoms with Crippen molar-refractivity contribution in [3.63, 3.8) is 0 Å². The minimum atomic E-state index is -0.572. The number of thiazole rings is 1. The lowest BCUT2D eigenvalue weighted by atomic mass is 10.0. The topological polar surface area (TPSA) is 68.3 Å². The van der Waals surface area contributed by atoms with Gasteiger partial charge in [-0.15, -0.1) is 11.3 Å². The summed E-state index contributed by atoms with van der Waals surface area (Å²) in [5, 5.41) is 4.29. The summed E-state index contributed by atoms with van der Waals surface area (Å²) in [6.07, 6.45) is 0.000856. The monoisotopic (exact) mass is 380 g/mol. The Labute approximate surface area is 156 Å². The molecule has 0 spiro atoms. The minimum Gasteiger partial charge on any atom is -0.469 e. The molecule has 25 heavy (non-hydrogen) atoms. The Morgan fingerprint density at radius 2 is 2.00 bits per heavy atom. The first-order valence-corrected chi connectivity index (χ1v) is 9.12. The maximum Gasteiger partial charge on any atom is 0.307 e. The fraction of sp³-hybridized carbons (Fsp3) is 0.389. The molecule has 0 fully saturated rings. The molecule has 134 valence electrons. The van der Waals surface area contributed by atoms with Crippen LogP contribution in [0.15, 0.2) is 24.3 Å². The Kier molecular flexibility index (Phi) is 6.56. The molecule has 2 rings (SSSR count). The molecule has 0 bridgehead atoms. The Morgan fingerprint density at radius 1 is 1.32 bits per heavy atom. The number of nitrogens with zero attached hydrogens (tertiary/aromatic N) is 1. The van der Waals surface area contributed by atoms with Crippen LogP contribution in [0, 0.1) is 6.92 Å². The van der Waals surface area contributed by atoms with Crippen LogP contribution in [0.5, 0.6) is 0 Å². The van der Waals surface area contributed by atoms with Gasteiger partial charge >= 0.3 is 5.97 Å². The first-order valence-electron chi connectivity index (χ1n) is 7.92. The zero-order valence-electron chi connectivity index (χ0n) is 14.6. The maximum atomic E-state index is 12.7. The number of carbonyl (C=O) groups is 2. The van der Waals surface area contributed by atoms with E-state index in [1.165, 1.54) is 18.4 Å². The van der Waals surface area contributed by atoms with Crippen LogP contribution in [0.25, 0.3) is 0 Å². The lowest BCUT2D eigenvalue weighted by Gasteiger charge is -2.19. The summed E-state index contributed by atoms with van der Waals surface area (Å²) in [5.74, 6) is -0.440. The number of aromatic nitrogens is 1. The van der Waals surface area contributed by atoms with Gasteiger partial charge in [-0.3, -0.25) is 9.59 Å². The summed E-state index contributed by atoms with van der Waals surface area (Å²) in [6.45, 7) is 5.87. The molecular formula is C18H21ClN2O3S. The van der Waals surface area contributed by atoms with Gasteiger partial charge in [0.1, 0.15) is 4.88 Å². The van der Waals surface area contributed by atoms with Crippen molar-refractivity contribution >= 4 is 34.8 Å². The molecule has 7 heteroatoms. The maximum absolute atomic E-state index is 12.7. The number of aryl methyl sites for hydroxylation is 1. The Hall–Kier alpha value is -1.92. The number of ether oxygens (including phenoxy) is 1. The molecule has 0 aliphatic heterocycles. The molecule has 1 atom stereocenters. The van der Waals surface area contributed by atoms with Gasteiger partial charge in [-0.25, -0.2) is 4.98 Å². The van der Waals surface area contributed by atoms with Gasteiger partial charge in [0.2, 0.25) is 0 Å². The predicted octanol–water partition coefficient (Wildman–Crippen LogP) is 4.26. The molecule has 2 aromatic rings. The van der Waals surface area contributed by atoms with Gasteiger partial charge in [0.25, 0.3) is 5.91 Å². The summed E-state index contributed by atoms with van der Waals surface area (Å²) >= 11 is 7.61. The molecule has 1 amide bonds. The predicted molar refractivity (Wildman–Crippen MR) is 99.2 cm³/mol. The van der Waals surface area contributed by atoms with Crippen LogP contribution >= 0.6 is 22.9 Å². The van der Waals surface area contributed by atoms with Gasteiger partial charge in [-0.2, -0.15) is 0 Å². The molecule has 1 aromatic carbocycles. The van der Waals surface area contributed by atoms with E-state index < -0.39 is 12.0 Å². The average molecular weight is 381 g/mol. The standard InChI is InChI=1S/C18H21ClN2O3S/c1-10(2)18-20-11(3)16(25-18)17(23)21-14(9-15(22)24-4)12-7-5-6-8-13(12)19/h5-8,10,14H,9H2,1-4H3,(H,21,23). The van der Waals surface area contributed by atoms with E-state index in [4.69, 9.17) is 16.3 Å². The highest BCUT2D eigenvalue weighted by atomic mass is 35.5. The molecule has 1 unspecified atom stereocenters. The number of amides is 1. The molecule has 1 N–H and O–H groups in total. The van der Waals surface area contributed by atoms with Gasteiger partial charge in [0.15, 0.2) is 0 Å². The van der Waals surface area contributed by atoms with Crippen molar-refractivity contribution in [1.82, 2.24) is 10.3 Å². The van der Waals surface area contributed by atoms with Gasteiger partial charge in [-0.1, -0.05) is 43.6 Å². The van der Waals surface area contributed by atoms with Crippen LogP contribution in [-0.4, -0.2) is 24.0 Å². The molecule has 0 saturated carbocycles. The third kappa shape index (κ3) is 4.80. The van der Waals surface area contributed by atoms with E-state index in [0.717, 1.165) is 5.01 Å². The van der Waals surface area contributed by atoms with Crippen LogP contribution in [0.3, 0.4) is 0 Å². The van der Waals surface area contributed by atoms with Crippen LogP contribution in [0.1, 0.15) is 58.2 Å². The van der Waals surface area contributed by atoms with E-state index >= 15 is 0 Å². The number of halogens is 1. The van der Waals surface area contributed by atoms with Crippen LogP contribution in [-0.2, 0) is 9.53 Å². The zero-order chi connectivity index (χ0) is 18.6. The molecule has 0 saturated heterocycles. The Balaban J connectivity index is 2.28. The molecule has 0 radical (unpaired) electrons. The number of hydrogen-bond donors (Lipinski definition) is 1. The molecule has 1 heterocycles. The first-order chi connectivity index (χ1) is 11.8. The number of methoxy groups -OCH3 is 1. The minimum absolute atomic E-state index is 0.000856. The summed E-state index contributed by atoms with van der Waals surface area (Å²) in [4.78, 5) is 29.5. The lowest BCUT2D eigenvalue weighted by molar-refractivity contribution is -0.141. The third-order valence-corrected chi connectivity index (χ3v) is 5.50. The number of benzene rings is 1. The summed E-state index contributed by atoms with van der Waals surface area (Å²) in [6, 6.07) is 6.55. The van der Waals surface area contributed by atoms with E-state index in [9.17, 15) is 9.59 Å². The fourth-order valence-corrected chi connectivity index (χ4v) is 3.58. The van der Waals surface area contributed by atoms with Crippen molar-refractivity contribution < 1.29 is 14.3 Å². The Morgan fingerprint density at radius 3 is 2.56 bits per heavy atom. The number of rotatable bonds is 6. The number of hydrogen-bond acceptors (Lipinski definition) is 5. The highest BCUT2D eigenvalue weighted by molar-refractivity contribution is 7.13. The molecule has 0 aliphatic carbocycles. The summed E-state index contributed by atoms with van der Waals surface area (Å²) < 4.78 is 4.75. The second-order valence-corrected chi connectivity index (χ2v) is 7.39. The number of nitrogens with one attached hydrogen (secondary N) is 1. The number of carbonyl (C=O) groups excluding carboxylic acids is 2. The van der Waals surface area contributed by atoms with Gasteiger partial charge < -0.3 is 10.1 Å². The highest BCUT2D eigenvalue weighted by Crippen LogP contribution is 2.28. The molecule has 5 nitrogen and oxygen atoms in total. The third-order valence-electron chi connectivity index (χ3n) is 3.70. The SMILES string of the molecule is COC(=O)CC(NC(=O)c1sc(C(C)C)nc1C)c1ccccc1Cl. The van der Waals surface area contributed by atoms with Crippen LogP contribution in [0.2, 0.25) is 5.02 Å². The molecular weight excluding hydrogens is 360 g/mol. The fourth-order valence-electron chi connectivity index (χ4n) is 2.35. The van der Waals surface area contributed by atoms with Crippen molar-refractivity contribution in [1.29, 1.82) is 0 Å². The average Bonchev–Trinajstić information content (AvgIpc) is 2.96. The van der Waals surface area contributed by atoms with Crippen LogP contribution < -0.4 is 5.32 Å². The summed E-state index contributed by atoms with van der Waals surface area (Å²) in [7, 11) is 1.32. The zero-order valence-corrected chi connectivity index (χ0v) is 16.2. The van der Waals surface area contributed by atoms with Gasteiger partial charge in [-0.05, 0) is 18.6 Å².